The number of hydrogen-bond acceptors (Lipinski definition) is 4. The van der Waals surface area contributed by atoms with Gasteiger partial charge in [-0.3, -0.25) is 4.79 Å². The molecule has 0 N–H and O–H groups in total. The van der Waals surface area contributed by atoms with Crippen LogP contribution in [0.2, 0.25) is 5.02 Å². The number of fused-ring (bicyclic) bond motifs is 1. The number of thiophene rings is 1. The number of amides is 1. The van der Waals surface area contributed by atoms with Crippen LogP contribution >= 0.6 is 22.9 Å². The van der Waals surface area contributed by atoms with Crippen LogP contribution in [-0.4, -0.2) is 36.5 Å². The lowest BCUT2D eigenvalue weighted by atomic mass is 10.00. The van der Waals surface area contributed by atoms with E-state index in [9.17, 15) is 9.59 Å². The molecule has 0 unspecified atom stereocenters. The van der Waals surface area contributed by atoms with Crippen molar-refractivity contribution in [3.8, 4) is 0 Å². The molecule has 4 nitrogen and oxygen atoms in total. The van der Waals surface area contributed by atoms with Gasteiger partial charge < -0.3 is 9.64 Å². The molecule has 2 heterocycles. The minimum atomic E-state index is -0.558. The zero-order valence-corrected chi connectivity index (χ0v) is 16.6. The van der Waals surface area contributed by atoms with Gasteiger partial charge in [0.15, 0.2) is 6.61 Å². The van der Waals surface area contributed by atoms with Crippen molar-refractivity contribution >= 4 is 50.5 Å². The van der Waals surface area contributed by atoms with Gasteiger partial charge in [0.2, 0.25) is 0 Å². The second-order valence-electron chi connectivity index (χ2n) is 6.50. The molecule has 2 aromatic carbocycles. The van der Waals surface area contributed by atoms with Gasteiger partial charge in [-0.1, -0.05) is 66.2 Å². The molecule has 0 spiro atoms. The standard InChI is InChI=1S/C22H18ClNO3S/c23-20-17-8-4-5-9-18(17)28-21(20)22(26)27-14-19(25)24-12-10-16(11-13-24)15-6-2-1-3-7-15/h1-10H,11-14H2. The highest BCUT2D eigenvalue weighted by Gasteiger charge is 2.22. The van der Waals surface area contributed by atoms with Gasteiger partial charge in [0, 0.05) is 23.2 Å². The topological polar surface area (TPSA) is 46.6 Å². The summed E-state index contributed by atoms with van der Waals surface area (Å²) in [7, 11) is 0. The summed E-state index contributed by atoms with van der Waals surface area (Å²) in [5, 5.41) is 1.20. The van der Waals surface area contributed by atoms with Crippen LogP contribution in [0.1, 0.15) is 21.7 Å². The average Bonchev–Trinajstić information content (AvgIpc) is 3.09. The Labute approximate surface area is 172 Å². The number of esters is 1. The third kappa shape index (κ3) is 3.81. The predicted molar refractivity (Wildman–Crippen MR) is 113 cm³/mol. The summed E-state index contributed by atoms with van der Waals surface area (Å²) in [6.45, 7) is 0.850. The highest BCUT2D eigenvalue weighted by atomic mass is 35.5. The smallest absolute Gasteiger partial charge is 0.350 e. The molecule has 6 heteroatoms. The molecular formula is C22H18ClNO3S. The van der Waals surface area contributed by atoms with Crippen LogP contribution in [0.15, 0.2) is 60.7 Å². The zero-order chi connectivity index (χ0) is 19.5. The number of carbonyl (C=O) groups is 2. The Morgan fingerprint density at radius 1 is 1.07 bits per heavy atom. The maximum absolute atomic E-state index is 12.4. The van der Waals surface area contributed by atoms with Crippen LogP contribution < -0.4 is 0 Å². The lowest BCUT2D eigenvalue weighted by molar-refractivity contribution is -0.134. The van der Waals surface area contributed by atoms with E-state index in [1.54, 1.807) is 4.90 Å². The SMILES string of the molecule is O=C(OCC(=O)N1CC=C(c2ccccc2)CC1)c1sc2ccccc2c1Cl. The van der Waals surface area contributed by atoms with E-state index in [1.165, 1.54) is 22.5 Å². The van der Waals surface area contributed by atoms with E-state index in [-0.39, 0.29) is 12.5 Å². The molecule has 0 saturated heterocycles. The van der Waals surface area contributed by atoms with Crippen LogP contribution in [0, 0.1) is 0 Å². The van der Waals surface area contributed by atoms with E-state index < -0.39 is 5.97 Å². The number of carbonyl (C=O) groups excluding carboxylic acids is 2. The molecule has 1 aliphatic heterocycles. The molecule has 0 bridgehead atoms. The number of halogens is 1. The quantitative estimate of drug-likeness (QED) is 0.566. The normalized spacial score (nSPS) is 14.0. The molecule has 28 heavy (non-hydrogen) atoms. The lowest BCUT2D eigenvalue weighted by Crippen LogP contribution is -2.37. The summed E-state index contributed by atoms with van der Waals surface area (Å²) >= 11 is 7.57. The molecule has 0 saturated carbocycles. The molecule has 1 aliphatic rings. The molecule has 0 radical (unpaired) electrons. The van der Waals surface area contributed by atoms with Gasteiger partial charge in [0.1, 0.15) is 4.88 Å². The van der Waals surface area contributed by atoms with E-state index in [2.05, 4.69) is 18.2 Å². The van der Waals surface area contributed by atoms with Crippen LogP contribution in [0.4, 0.5) is 0 Å². The van der Waals surface area contributed by atoms with Gasteiger partial charge in [-0.25, -0.2) is 4.79 Å². The Morgan fingerprint density at radius 3 is 2.54 bits per heavy atom. The Hall–Kier alpha value is -2.63. The maximum Gasteiger partial charge on any atom is 0.350 e. The molecule has 1 amide bonds. The summed E-state index contributed by atoms with van der Waals surface area (Å²) in [6, 6.07) is 17.7. The average molecular weight is 412 g/mol. The minimum absolute atomic E-state index is 0.200. The summed E-state index contributed by atoms with van der Waals surface area (Å²) in [4.78, 5) is 26.8. The van der Waals surface area contributed by atoms with Crippen LogP contribution in [-0.2, 0) is 9.53 Å². The maximum atomic E-state index is 12.4. The number of ether oxygens (including phenoxy) is 1. The fourth-order valence-corrected chi connectivity index (χ4v) is 4.64. The monoisotopic (exact) mass is 411 g/mol. The van der Waals surface area contributed by atoms with Crippen molar-refractivity contribution in [2.24, 2.45) is 0 Å². The van der Waals surface area contributed by atoms with Crippen molar-refractivity contribution in [2.75, 3.05) is 19.7 Å². The lowest BCUT2D eigenvalue weighted by Gasteiger charge is -2.26. The van der Waals surface area contributed by atoms with Crippen molar-refractivity contribution in [3.05, 3.63) is 76.1 Å². The van der Waals surface area contributed by atoms with E-state index in [0.717, 1.165) is 16.5 Å². The van der Waals surface area contributed by atoms with Crippen molar-refractivity contribution < 1.29 is 14.3 Å². The predicted octanol–water partition coefficient (Wildman–Crippen LogP) is 5.03. The first-order chi connectivity index (χ1) is 13.6. The highest BCUT2D eigenvalue weighted by Crippen LogP contribution is 2.35. The Kier molecular flexibility index (Phi) is 5.46. The van der Waals surface area contributed by atoms with Gasteiger partial charge in [0.25, 0.3) is 5.91 Å². The fourth-order valence-electron chi connectivity index (χ4n) is 3.24. The Morgan fingerprint density at radius 2 is 1.82 bits per heavy atom. The first-order valence-corrected chi connectivity index (χ1v) is 10.2. The summed E-state index contributed by atoms with van der Waals surface area (Å²) < 4.78 is 6.16. The first kappa shape index (κ1) is 18.7. The molecule has 0 atom stereocenters. The number of hydrogen-bond donors (Lipinski definition) is 0. The molecule has 4 rings (SSSR count). The molecule has 142 valence electrons. The first-order valence-electron chi connectivity index (χ1n) is 9.00. The van der Waals surface area contributed by atoms with E-state index in [4.69, 9.17) is 16.3 Å². The van der Waals surface area contributed by atoms with Crippen LogP contribution in [0.5, 0.6) is 0 Å². The van der Waals surface area contributed by atoms with Crippen molar-refractivity contribution in [1.82, 2.24) is 4.90 Å². The summed E-state index contributed by atoms with van der Waals surface area (Å²) in [6.07, 6.45) is 2.84. The van der Waals surface area contributed by atoms with Gasteiger partial charge in [-0.05, 0) is 23.6 Å². The zero-order valence-electron chi connectivity index (χ0n) is 15.1. The van der Waals surface area contributed by atoms with Gasteiger partial charge in [-0.15, -0.1) is 11.3 Å². The van der Waals surface area contributed by atoms with Crippen molar-refractivity contribution in [2.45, 2.75) is 6.42 Å². The van der Waals surface area contributed by atoms with Crippen molar-refractivity contribution in [1.29, 1.82) is 0 Å². The molecule has 0 fully saturated rings. The van der Waals surface area contributed by atoms with E-state index >= 15 is 0 Å². The number of benzene rings is 2. The molecule has 1 aromatic heterocycles. The third-order valence-electron chi connectivity index (χ3n) is 4.75. The van der Waals surface area contributed by atoms with Crippen LogP contribution in [0.3, 0.4) is 0 Å². The number of nitrogens with zero attached hydrogens (tertiary/aromatic N) is 1. The Balaban J connectivity index is 1.36. The second kappa shape index (κ2) is 8.17. The third-order valence-corrected chi connectivity index (χ3v) is 6.41. The second-order valence-corrected chi connectivity index (χ2v) is 7.93. The number of rotatable bonds is 4. The van der Waals surface area contributed by atoms with Gasteiger partial charge >= 0.3 is 5.97 Å². The molecular weight excluding hydrogens is 394 g/mol. The minimum Gasteiger partial charge on any atom is -0.451 e. The van der Waals surface area contributed by atoms with Gasteiger partial charge in [-0.2, -0.15) is 0 Å². The van der Waals surface area contributed by atoms with Crippen molar-refractivity contribution in [3.63, 3.8) is 0 Å². The van der Waals surface area contributed by atoms with Gasteiger partial charge in [0.05, 0.1) is 5.02 Å². The van der Waals surface area contributed by atoms with Crippen LogP contribution in [0.25, 0.3) is 15.7 Å². The van der Waals surface area contributed by atoms with E-state index in [0.29, 0.717) is 23.0 Å². The molecule has 0 aliphatic carbocycles. The Bertz CT molecular complexity index is 1060. The summed E-state index contributed by atoms with van der Waals surface area (Å²) in [5.41, 5.74) is 2.42. The highest BCUT2D eigenvalue weighted by molar-refractivity contribution is 7.21. The molecule has 3 aromatic rings. The fraction of sp³-hybridized carbons (Fsp3) is 0.182. The van der Waals surface area contributed by atoms with E-state index in [1.807, 2.05) is 42.5 Å². The largest absolute Gasteiger partial charge is 0.451 e. The summed E-state index contributed by atoms with van der Waals surface area (Å²) in [5.74, 6) is -0.758.